The van der Waals surface area contributed by atoms with E-state index in [-0.39, 0.29) is 0 Å². The molecule has 1 aliphatic carbocycles. The fourth-order valence-electron chi connectivity index (χ4n) is 4.05. The van der Waals surface area contributed by atoms with Gasteiger partial charge in [-0.15, -0.1) is 0 Å². The summed E-state index contributed by atoms with van der Waals surface area (Å²) < 4.78 is 0. The van der Waals surface area contributed by atoms with E-state index in [1.807, 2.05) is 0 Å². The largest absolute Gasteiger partial charge is 0.313 e. The molecule has 2 fully saturated rings. The van der Waals surface area contributed by atoms with E-state index in [0.29, 0.717) is 6.04 Å². The van der Waals surface area contributed by atoms with Crippen molar-refractivity contribution < 1.29 is 0 Å². The van der Waals surface area contributed by atoms with Crippen molar-refractivity contribution in [3.05, 3.63) is 0 Å². The van der Waals surface area contributed by atoms with Crippen LogP contribution in [0.1, 0.15) is 66.2 Å². The Morgan fingerprint density at radius 2 is 1.68 bits per heavy atom. The number of hydrogen-bond donors (Lipinski definition) is 1. The average Bonchev–Trinajstić information content (AvgIpc) is 2.88. The molecule has 0 radical (unpaired) electrons. The second kappa shape index (κ2) is 7.08. The van der Waals surface area contributed by atoms with Crippen molar-refractivity contribution in [2.75, 3.05) is 13.1 Å². The lowest BCUT2D eigenvalue weighted by Crippen LogP contribution is -2.48. The molecular weight excluding hydrogens is 232 g/mol. The molecule has 1 N–H and O–H groups in total. The summed E-state index contributed by atoms with van der Waals surface area (Å²) in [4.78, 5) is 2.79. The zero-order chi connectivity index (χ0) is 13.8. The van der Waals surface area contributed by atoms with Crippen LogP contribution in [-0.2, 0) is 0 Å². The molecule has 0 bridgehead atoms. The van der Waals surface area contributed by atoms with Gasteiger partial charge in [-0.05, 0) is 70.8 Å². The number of hydrogen-bond acceptors (Lipinski definition) is 2. The summed E-state index contributed by atoms with van der Waals surface area (Å²) >= 11 is 0. The molecule has 2 aliphatic rings. The summed E-state index contributed by atoms with van der Waals surface area (Å²) in [6.07, 6.45) is 8.50. The molecule has 0 aromatic heterocycles. The first-order valence-corrected chi connectivity index (χ1v) is 8.57. The van der Waals surface area contributed by atoms with E-state index in [4.69, 9.17) is 0 Å². The molecule has 2 nitrogen and oxygen atoms in total. The Kier molecular flexibility index (Phi) is 5.70. The van der Waals surface area contributed by atoms with Crippen LogP contribution in [0.15, 0.2) is 0 Å². The molecule has 0 aromatic carbocycles. The molecule has 2 rings (SSSR count). The molecular formula is C17H34N2. The molecule has 1 unspecified atom stereocenters. The van der Waals surface area contributed by atoms with Crippen molar-refractivity contribution in [2.24, 2.45) is 11.8 Å². The van der Waals surface area contributed by atoms with Gasteiger partial charge in [0.25, 0.3) is 0 Å². The molecule has 1 heterocycles. The Bertz CT molecular complexity index is 248. The van der Waals surface area contributed by atoms with Gasteiger partial charge in [-0.3, -0.25) is 4.90 Å². The SMILES string of the molecule is CC(C)C1CCC(N(CC2CCCN2)C(C)C)CC1. The summed E-state index contributed by atoms with van der Waals surface area (Å²) in [5.41, 5.74) is 0. The van der Waals surface area contributed by atoms with Crippen LogP contribution >= 0.6 is 0 Å². The molecule has 1 aliphatic heterocycles. The standard InChI is InChI=1S/C17H34N2/c1-13(2)15-7-9-17(10-8-15)19(14(3)4)12-16-6-5-11-18-16/h13-18H,5-12H2,1-4H3. The van der Waals surface area contributed by atoms with E-state index in [2.05, 4.69) is 37.9 Å². The fraction of sp³-hybridized carbons (Fsp3) is 1.00. The van der Waals surface area contributed by atoms with Crippen molar-refractivity contribution in [3.63, 3.8) is 0 Å². The van der Waals surface area contributed by atoms with Gasteiger partial charge in [0.15, 0.2) is 0 Å². The third-order valence-electron chi connectivity index (χ3n) is 5.41. The maximum absolute atomic E-state index is 3.67. The predicted molar refractivity (Wildman–Crippen MR) is 83.5 cm³/mol. The van der Waals surface area contributed by atoms with Crippen LogP contribution in [0.4, 0.5) is 0 Å². The highest BCUT2D eigenvalue weighted by atomic mass is 15.2. The molecule has 0 aromatic rings. The van der Waals surface area contributed by atoms with Gasteiger partial charge in [0.05, 0.1) is 0 Å². The zero-order valence-corrected chi connectivity index (χ0v) is 13.5. The average molecular weight is 266 g/mol. The third kappa shape index (κ3) is 4.19. The van der Waals surface area contributed by atoms with Gasteiger partial charge in [0.2, 0.25) is 0 Å². The van der Waals surface area contributed by atoms with Crippen molar-refractivity contribution in [1.29, 1.82) is 0 Å². The second-order valence-electron chi connectivity index (χ2n) is 7.40. The van der Waals surface area contributed by atoms with Crippen LogP contribution in [0.3, 0.4) is 0 Å². The Morgan fingerprint density at radius 1 is 1.00 bits per heavy atom. The maximum atomic E-state index is 3.67. The Balaban J connectivity index is 1.85. The molecule has 112 valence electrons. The molecule has 0 spiro atoms. The smallest absolute Gasteiger partial charge is 0.0195 e. The monoisotopic (exact) mass is 266 g/mol. The molecule has 1 saturated carbocycles. The van der Waals surface area contributed by atoms with Gasteiger partial charge < -0.3 is 5.32 Å². The molecule has 1 atom stereocenters. The molecule has 0 amide bonds. The summed E-state index contributed by atoms with van der Waals surface area (Å²) in [5.74, 6) is 1.86. The highest BCUT2D eigenvalue weighted by molar-refractivity contribution is 4.86. The van der Waals surface area contributed by atoms with Gasteiger partial charge >= 0.3 is 0 Å². The summed E-state index contributed by atoms with van der Waals surface area (Å²) in [7, 11) is 0. The first kappa shape index (κ1) is 15.3. The van der Waals surface area contributed by atoms with E-state index < -0.39 is 0 Å². The fourth-order valence-corrected chi connectivity index (χ4v) is 4.05. The van der Waals surface area contributed by atoms with Crippen LogP contribution in [-0.4, -0.2) is 36.1 Å². The molecule has 19 heavy (non-hydrogen) atoms. The zero-order valence-electron chi connectivity index (χ0n) is 13.5. The van der Waals surface area contributed by atoms with Crippen molar-refractivity contribution in [2.45, 2.75) is 84.3 Å². The minimum absolute atomic E-state index is 0.697. The van der Waals surface area contributed by atoms with E-state index in [9.17, 15) is 0 Å². The van der Waals surface area contributed by atoms with Gasteiger partial charge in [-0.2, -0.15) is 0 Å². The summed E-state index contributed by atoms with van der Waals surface area (Å²) in [6, 6.07) is 2.30. The van der Waals surface area contributed by atoms with Gasteiger partial charge in [-0.1, -0.05) is 13.8 Å². The van der Waals surface area contributed by atoms with Crippen LogP contribution in [0.25, 0.3) is 0 Å². The first-order valence-electron chi connectivity index (χ1n) is 8.57. The molecule has 2 heteroatoms. The quantitative estimate of drug-likeness (QED) is 0.817. The highest BCUT2D eigenvalue weighted by Crippen LogP contribution is 2.33. The van der Waals surface area contributed by atoms with E-state index in [1.165, 1.54) is 51.6 Å². The van der Waals surface area contributed by atoms with Crippen LogP contribution < -0.4 is 5.32 Å². The Labute approximate surface area is 120 Å². The summed E-state index contributed by atoms with van der Waals surface area (Å²) in [6.45, 7) is 12.1. The van der Waals surface area contributed by atoms with Gasteiger partial charge in [0.1, 0.15) is 0 Å². The Hall–Kier alpha value is -0.0800. The predicted octanol–water partition coefficient (Wildman–Crippen LogP) is 3.66. The lowest BCUT2D eigenvalue weighted by Gasteiger charge is -2.41. The highest BCUT2D eigenvalue weighted by Gasteiger charge is 2.30. The molecule has 1 saturated heterocycles. The summed E-state index contributed by atoms with van der Waals surface area (Å²) in [5, 5.41) is 3.67. The lowest BCUT2D eigenvalue weighted by atomic mass is 9.79. The Morgan fingerprint density at radius 3 is 2.16 bits per heavy atom. The number of nitrogens with zero attached hydrogens (tertiary/aromatic N) is 1. The normalized spacial score (nSPS) is 32.7. The first-order chi connectivity index (χ1) is 9.08. The topological polar surface area (TPSA) is 15.3 Å². The third-order valence-corrected chi connectivity index (χ3v) is 5.41. The van der Waals surface area contributed by atoms with Crippen molar-refractivity contribution >= 4 is 0 Å². The van der Waals surface area contributed by atoms with E-state index >= 15 is 0 Å². The van der Waals surface area contributed by atoms with Gasteiger partial charge in [0, 0.05) is 24.7 Å². The van der Waals surface area contributed by atoms with E-state index in [1.54, 1.807) is 0 Å². The maximum Gasteiger partial charge on any atom is 0.0195 e. The van der Waals surface area contributed by atoms with E-state index in [0.717, 1.165) is 23.9 Å². The minimum Gasteiger partial charge on any atom is -0.313 e. The van der Waals surface area contributed by atoms with Crippen LogP contribution in [0.2, 0.25) is 0 Å². The lowest BCUT2D eigenvalue weighted by molar-refractivity contribution is 0.0875. The van der Waals surface area contributed by atoms with Gasteiger partial charge in [-0.25, -0.2) is 0 Å². The van der Waals surface area contributed by atoms with Crippen LogP contribution in [0, 0.1) is 11.8 Å². The van der Waals surface area contributed by atoms with Crippen LogP contribution in [0.5, 0.6) is 0 Å². The van der Waals surface area contributed by atoms with Crippen molar-refractivity contribution in [3.8, 4) is 0 Å². The number of nitrogens with one attached hydrogen (secondary N) is 1. The minimum atomic E-state index is 0.697. The second-order valence-corrected chi connectivity index (χ2v) is 7.40. The number of rotatable bonds is 5. The van der Waals surface area contributed by atoms with Crippen molar-refractivity contribution in [1.82, 2.24) is 10.2 Å².